The van der Waals surface area contributed by atoms with E-state index >= 15 is 0 Å². The van der Waals surface area contributed by atoms with Gasteiger partial charge in [0, 0.05) is 18.3 Å². The van der Waals surface area contributed by atoms with Gasteiger partial charge in [0.15, 0.2) is 11.9 Å². The van der Waals surface area contributed by atoms with Gasteiger partial charge in [-0.05, 0) is 62.1 Å². The van der Waals surface area contributed by atoms with Crippen LogP contribution in [0.4, 0.5) is 0 Å². The van der Waals surface area contributed by atoms with Gasteiger partial charge in [0.25, 0.3) is 0 Å². The van der Waals surface area contributed by atoms with E-state index in [0.29, 0.717) is 17.9 Å². The van der Waals surface area contributed by atoms with Crippen LogP contribution in [-0.4, -0.2) is 53.0 Å². The molecule has 214 valence electrons. The summed E-state index contributed by atoms with van der Waals surface area (Å²) < 4.78 is 23.5. The maximum Gasteiger partial charge on any atom is 0.320 e. The molecule has 2 bridgehead atoms. The van der Waals surface area contributed by atoms with Gasteiger partial charge in [-0.3, -0.25) is 14.4 Å². The Balaban J connectivity index is 1.15. The van der Waals surface area contributed by atoms with Crippen LogP contribution < -0.4 is 10.5 Å². The maximum absolute atomic E-state index is 12.7. The van der Waals surface area contributed by atoms with Crippen molar-refractivity contribution < 1.29 is 48.2 Å². The molecule has 5 fully saturated rings. The molecule has 1 spiro atoms. The van der Waals surface area contributed by atoms with Gasteiger partial charge in [-0.2, -0.15) is 0 Å². The molecule has 1 aromatic rings. The van der Waals surface area contributed by atoms with Gasteiger partial charge in [0.05, 0.1) is 12.8 Å². The van der Waals surface area contributed by atoms with E-state index in [2.05, 4.69) is 6.92 Å². The maximum atomic E-state index is 12.7. The summed E-state index contributed by atoms with van der Waals surface area (Å²) in [7, 11) is 0. The number of carboxylic acids is 1. The van der Waals surface area contributed by atoms with E-state index < -0.39 is 47.9 Å². The first-order valence-electron chi connectivity index (χ1n) is 13.7. The molecule has 1 saturated carbocycles. The number of nitrogens with two attached hydrogens (primary N) is 1. The highest BCUT2D eigenvalue weighted by atomic mass is 17.3. The molecule has 0 amide bonds. The summed E-state index contributed by atoms with van der Waals surface area (Å²) in [5.41, 5.74) is 5.50. The third-order valence-corrected chi connectivity index (χ3v) is 8.81. The van der Waals surface area contributed by atoms with Crippen LogP contribution in [0.5, 0.6) is 5.75 Å². The summed E-state index contributed by atoms with van der Waals surface area (Å²) >= 11 is 0. The van der Waals surface area contributed by atoms with Crippen LogP contribution in [0.15, 0.2) is 24.3 Å². The minimum Gasteiger partial charge on any atom is -0.480 e. The predicted octanol–water partition coefficient (Wildman–Crippen LogP) is 3.08. The Bertz CT molecular complexity index is 1090. The molecule has 11 nitrogen and oxygen atoms in total. The van der Waals surface area contributed by atoms with Crippen LogP contribution in [0.2, 0.25) is 0 Å². The normalized spacial score (nSPS) is 37.7. The third kappa shape index (κ3) is 5.43. The smallest absolute Gasteiger partial charge is 0.320 e. The number of hydrogen-bond donors (Lipinski definition) is 2. The second kappa shape index (κ2) is 10.8. The first-order valence-corrected chi connectivity index (χ1v) is 13.7. The number of carboxylic acid groups (broad SMARTS) is 1. The second-order valence-electron chi connectivity index (χ2n) is 11.5. The molecule has 0 radical (unpaired) electrons. The topological polar surface area (TPSA) is 153 Å². The van der Waals surface area contributed by atoms with E-state index in [0.717, 1.165) is 19.3 Å². The highest BCUT2D eigenvalue weighted by Crippen LogP contribution is 2.60. The molecule has 4 aliphatic heterocycles. The SMILES string of the molecule is C[C@H]1[C@H](OC(=O)CCC(=O)Oc2ccc(C[C@H](N)C(=O)O)cc2)O[C@@H]2O[C@@]3(C)CC[C@H]4[C@H](C)CC[C@@H]1[C@@]24OO3. The van der Waals surface area contributed by atoms with Crippen molar-refractivity contribution >= 4 is 17.9 Å². The lowest BCUT2D eigenvalue weighted by Crippen LogP contribution is -2.70. The van der Waals surface area contributed by atoms with E-state index in [9.17, 15) is 14.4 Å². The average Bonchev–Trinajstić information content (AvgIpc) is 3.12. The molecule has 39 heavy (non-hydrogen) atoms. The molecule has 1 aliphatic carbocycles. The van der Waals surface area contributed by atoms with E-state index in [1.807, 2.05) is 13.8 Å². The van der Waals surface area contributed by atoms with Gasteiger partial charge in [-0.1, -0.05) is 26.0 Å². The number of fused-ring (bicyclic) bond motifs is 2. The monoisotopic (exact) mass is 547 g/mol. The van der Waals surface area contributed by atoms with Gasteiger partial charge in [0.1, 0.15) is 11.8 Å². The first kappa shape index (κ1) is 28.0. The van der Waals surface area contributed by atoms with Gasteiger partial charge in [-0.15, -0.1) is 0 Å². The molecule has 5 aliphatic rings. The number of esters is 2. The van der Waals surface area contributed by atoms with E-state index in [4.69, 9.17) is 39.6 Å². The van der Waals surface area contributed by atoms with Crippen molar-refractivity contribution in [1.29, 1.82) is 0 Å². The molecule has 0 unspecified atom stereocenters. The number of carbonyl (C=O) groups excluding carboxylic acids is 2. The fraction of sp³-hybridized carbons (Fsp3) is 0.679. The molecular formula is C28H37NO10. The van der Waals surface area contributed by atoms with Crippen molar-refractivity contribution in [1.82, 2.24) is 0 Å². The number of carbonyl (C=O) groups is 3. The number of aliphatic carboxylic acids is 1. The van der Waals surface area contributed by atoms with Crippen molar-refractivity contribution in [2.75, 3.05) is 0 Å². The summed E-state index contributed by atoms with van der Waals surface area (Å²) in [6, 6.07) is 5.38. The molecule has 4 heterocycles. The van der Waals surface area contributed by atoms with Gasteiger partial charge >= 0.3 is 17.9 Å². The Kier molecular flexibility index (Phi) is 7.73. The Labute approximate surface area is 227 Å². The van der Waals surface area contributed by atoms with Crippen LogP contribution in [-0.2, 0) is 44.8 Å². The van der Waals surface area contributed by atoms with Crippen molar-refractivity contribution in [3.8, 4) is 5.75 Å². The summed E-state index contributed by atoms with van der Waals surface area (Å²) in [6.07, 6.45) is 1.77. The fourth-order valence-corrected chi connectivity index (χ4v) is 6.62. The van der Waals surface area contributed by atoms with Crippen LogP contribution >= 0.6 is 0 Å². The van der Waals surface area contributed by atoms with Crippen LogP contribution in [0.25, 0.3) is 0 Å². The molecular weight excluding hydrogens is 510 g/mol. The first-order chi connectivity index (χ1) is 18.5. The van der Waals surface area contributed by atoms with Crippen LogP contribution in [0.3, 0.4) is 0 Å². The van der Waals surface area contributed by atoms with E-state index in [1.54, 1.807) is 24.3 Å². The molecule has 1 aromatic carbocycles. The Morgan fingerprint density at radius 1 is 1.05 bits per heavy atom. The number of ether oxygens (including phenoxy) is 4. The second-order valence-corrected chi connectivity index (χ2v) is 11.5. The molecule has 0 aromatic heterocycles. The van der Waals surface area contributed by atoms with E-state index in [-0.39, 0.29) is 42.8 Å². The quantitative estimate of drug-likeness (QED) is 0.280. The van der Waals surface area contributed by atoms with Crippen molar-refractivity contribution in [2.45, 2.75) is 95.7 Å². The minimum absolute atomic E-state index is 0.0240. The molecule has 6 rings (SSSR count). The number of hydrogen-bond acceptors (Lipinski definition) is 10. The third-order valence-electron chi connectivity index (χ3n) is 8.81. The summed E-state index contributed by atoms with van der Waals surface area (Å²) in [5, 5.41) is 8.93. The summed E-state index contributed by atoms with van der Waals surface area (Å²) in [6.45, 7) is 6.06. The van der Waals surface area contributed by atoms with Crippen molar-refractivity contribution in [3.05, 3.63) is 29.8 Å². The van der Waals surface area contributed by atoms with Gasteiger partial charge < -0.3 is 29.8 Å². The Morgan fingerprint density at radius 2 is 1.77 bits per heavy atom. The number of benzene rings is 1. The summed E-state index contributed by atoms with van der Waals surface area (Å²) in [5.74, 6) is -2.38. The van der Waals surface area contributed by atoms with E-state index in [1.165, 1.54) is 0 Å². The van der Waals surface area contributed by atoms with Crippen molar-refractivity contribution in [2.24, 2.45) is 29.4 Å². The Morgan fingerprint density at radius 3 is 2.49 bits per heavy atom. The lowest BCUT2D eigenvalue weighted by molar-refractivity contribution is -0.576. The van der Waals surface area contributed by atoms with Crippen LogP contribution in [0.1, 0.15) is 64.9 Å². The van der Waals surface area contributed by atoms with Crippen LogP contribution in [0, 0.1) is 23.7 Å². The predicted molar refractivity (Wildman–Crippen MR) is 134 cm³/mol. The highest BCUT2D eigenvalue weighted by Gasteiger charge is 2.69. The highest BCUT2D eigenvalue weighted by molar-refractivity contribution is 5.79. The van der Waals surface area contributed by atoms with Gasteiger partial charge in [-0.25, -0.2) is 9.78 Å². The van der Waals surface area contributed by atoms with Crippen molar-refractivity contribution in [3.63, 3.8) is 0 Å². The zero-order chi connectivity index (χ0) is 27.9. The molecule has 9 atom stereocenters. The minimum atomic E-state index is -1.09. The fourth-order valence-electron chi connectivity index (χ4n) is 6.62. The largest absolute Gasteiger partial charge is 0.480 e. The van der Waals surface area contributed by atoms with Gasteiger partial charge in [0.2, 0.25) is 12.1 Å². The molecule has 4 saturated heterocycles. The average molecular weight is 548 g/mol. The Hall–Kier alpha value is -2.57. The molecule has 11 heteroatoms. The lowest BCUT2D eigenvalue weighted by Gasteiger charge is -2.59. The standard InChI is InChI=1S/C28H37NO10/c1-15-4-9-20-16(2)25(36-26-28(20)19(15)12-13-27(3,37-26)38-39-28)35-23(31)11-10-22(30)34-18-7-5-17(6-8-18)14-21(29)24(32)33/h5-8,15-16,19-21,25-26H,4,9-14,29H2,1-3H3,(H,32,33)/t15-,16-,19+,20+,21+,25-,26-,27-,28-/m1/s1. The summed E-state index contributed by atoms with van der Waals surface area (Å²) in [4.78, 5) is 47.9. The molecule has 3 N–H and O–H groups in total. The zero-order valence-electron chi connectivity index (χ0n) is 22.5. The zero-order valence-corrected chi connectivity index (χ0v) is 22.5. The lowest BCUT2D eigenvalue weighted by atomic mass is 9.58. The number of rotatable bonds is 8.